The summed E-state index contributed by atoms with van der Waals surface area (Å²) in [5.41, 5.74) is 0.797. The van der Waals surface area contributed by atoms with E-state index in [4.69, 9.17) is 9.84 Å². The lowest BCUT2D eigenvalue weighted by Crippen LogP contribution is -2.43. The van der Waals surface area contributed by atoms with Gasteiger partial charge >= 0.3 is 5.97 Å². The maximum atomic E-state index is 11.3. The molecule has 0 saturated heterocycles. The first kappa shape index (κ1) is 15.0. The summed E-state index contributed by atoms with van der Waals surface area (Å²) in [6.07, 6.45) is 0.203. The third-order valence-electron chi connectivity index (χ3n) is 2.51. The Hall–Kier alpha value is -2.08. The van der Waals surface area contributed by atoms with Gasteiger partial charge in [-0.25, -0.2) is 4.79 Å². The summed E-state index contributed by atoms with van der Waals surface area (Å²) in [6, 6.07) is 6.03. The van der Waals surface area contributed by atoms with Crippen LogP contribution < -0.4 is 10.1 Å². The van der Waals surface area contributed by atoms with Gasteiger partial charge in [0.05, 0.1) is 7.11 Å². The van der Waals surface area contributed by atoms with E-state index in [-0.39, 0.29) is 13.0 Å². The average Bonchev–Trinajstić information content (AvgIpc) is 2.39. The van der Waals surface area contributed by atoms with Crippen LogP contribution in [-0.4, -0.2) is 43.9 Å². The molecule has 1 amide bonds. The van der Waals surface area contributed by atoms with E-state index in [2.05, 4.69) is 10.1 Å². The van der Waals surface area contributed by atoms with E-state index in [1.807, 2.05) is 0 Å². The molecule has 0 fully saturated rings. The van der Waals surface area contributed by atoms with Crippen LogP contribution >= 0.6 is 0 Å². The number of rotatable bonds is 7. The zero-order valence-electron chi connectivity index (χ0n) is 10.9. The van der Waals surface area contributed by atoms with Gasteiger partial charge in [0.1, 0.15) is 18.4 Å². The molecule has 1 atom stereocenters. The van der Waals surface area contributed by atoms with Crippen LogP contribution in [0.3, 0.4) is 0 Å². The third-order valence-corrected chi connectivity index (χ3v) is 2.51. The zero-order chi connectivity index (χ0) is 14.3. The molecule has 0 spiro atoms. The van der Waals surface area contributed by atoms with Gasteiger partial charge in [-0.15, -0.1) is 0 Å². The molecular formula is C13H17NO5. The van der Waals surface area contributed by atoms with Gasteiger partial charge in [-0.3, -0.25) is 4.79 Å². The molecule has 6 nitrogen and oxygen atoms in total. The fourth-order valence-corrected chi connectivity index (χ4v) is 1.56. The SMILES string of the molecule is COCC(=O)N[C@@H](Cc1ccc(OC)cc1)C(=O)O. The molecule has 0 heterocycles. The molecule has 1 aromatic rings. The molecular weight excluding hydrogens is 250 g/mol. The van der Waals surface area contributed by atoms with Gasteiger partial charge in [-0.2, -0.15) is 0 Å². The van der Waals surface area contributed by atoms with Crippen molar-refractivity contribution in [2.45, 2.75) is 12.5 Å². The van der Waals surface area contributed by atoms with Crippen LogP contribution in [0.25, 0.3) is 0 Å². The number of amides is 1. The third kappa shape index (κ3) is 4.97. The van der Waals surface area contributed by atoms with Crippen molar-refractivity contribution >= 4 is 11.9 Å². The van der Waals surface area contributed by atoms with Crippen LogP contribution in [0.4, 0.5) is 0 Å². The van der Waals surface area contributed by atoms with Crippen molar-refractivity contribution < 1.29 is 24.2 Å². The van der Waals surface area contributed by atoms with E-state index >= 15 is 0 Å². The fourth-order valence-electron chi connectivity index (χ4n) is 1.56. The number of carbonyl (C=O) groups excluding carboxylic acids is 1. The lowest BCUT2D eigenvalue weighted by Gasteiger charge is -2.14. The predicted molar refractivity (Wildman–Crippen MR) is 68.1 cm³/mol. The van der Waals surface area contributed by atoms with Crippen LogP contribution in [0.15, 0.2) is 24.3 Å². The number of ether oxygens (including phenoxy) is 2. The maximum absolute atomic E-state index is 11.3. The summed E-state index contributed by atoms with van der Waals surface area (Å²) < 4.78 is 9.66. The molecule has 1 rings (SSSR count). The van der Waals surface area contributed by atoms with Crippen LogP contribution in [0, 0.1) is 0 Å². The molecule has 2 N–H and O–H groups in total. The normalized spacial score (nSPS) is 11.7. The van der Waals surface area contributed by atoms with Gasteiger partial charge in [0, 0.05) is 13.5 Å². The lowest BCUT2D eigenvalue weighted by molar-refractivity contribution is -0.142. The monoisotopic (exact) mass is 267 g/mol. The van der Waals surface area contributed by atoms with Crippen molar-refractivity contribution in [3.05, 3.63) is 29.8 Å². The molecule has 1 aromatic carbocycles. The highest BCUT2D eigenvalue weighted by atomic mass is 16.5. The number of methoxy groups -OCH3 is 2. The molecule has 0 unspecified atom stereocenters. The Bertz CT molecular complexity index is 429. The zero-order valence-corrected chi connectivity index (χ0v) is 10.9. The van der Waals surface area contributed by atoms with Crippen LogP contribution in [-0.2, 0) is 20.7 Å². The van der Waals surface area contributed by atoms with Gasteiger partial charge in [-0.05, 0) is 17.7 Å². The maximum Gasteiger partial charge on any atom is 0.326 e. The fraction of sp³-hybridized carbons (Fsp3) is 0.385. The number of hydrogen-bond acceptors (Lipinski definition) is 4. The number of nitrogens with one attached hydrogen (secondary N) is 1. The minimum atomic E-state index is -1.08. The molecule has 104 valence electrons. The van der Waals surface area contributed by atoms with Crippen molar-refractivity contribution in [1.29, 1.82) is 0 Å². The largest absolute Gasteiger partial charge is 0.497 e. The predicted octanol–water partition coefficient (Wildman–Crippen LogP) is 0.453. The summed E-state index contributed by atoms with van der Waals surface area (Å²) >= 11 is 0. The Labute approximate surface area is 111 Å². The Morgan fingerprint density at radius 2 is 1.89 bits per heavy atom. The Kier molecular flexibility index (Phi) is 5.81. The van der Waals surface area contributed by atoms with Gasteiger partial charge < -0.3 is 19.9 Å². The highest BCUT2D eigenvalue weighted by Gasteiger charge is 2.20. The standard InChI is InChI=1S/C13H17NO5/c1-18-8-12(15)14-11(13(16)17)7-9-3-5-10(19-2)6-4-9/h3-6,11H,7-8H2,1-2H3,(H,14,15)(H,16,17)/t11-/m0/s1. The molecule has 6 heteroatoms. The molecule has 0 bridgehead atoms. The smallest absolute Gasteiger partial charge is 0.326 e. The van der Waals surface area contributed by atoms with Crippen molar-refractivity contribution in [1.82, 2.24) is 5.32 Å². The van der Waals surface area contributed by atoms with Crippen molar-refractivity contribution in [2.75, 3.05) is 20.8 Å². The van der Waals surface area contributed by atoms with Crippen molar-refractivity contribution in [2.24, 2.45) is 0 Å². The highest BCUT2D eigenvalue weighted by molar-refractivity contribution is 5.84. The van der Waals surface area contributed by atoms with E-state index < -0.39 is 17.9 Å². The van der Waals surface area contributed by atoms with Gasteiger partial charge in [0.15, 0.2) is 0 Å². The summed E-state index contributed by atoms with van der Waals surface area (Å²) in [5.74, 6) is -0.845. The number of hydrogen-bond donors (Lipinski definition) is 2. The van der Waals surface area contributed by atoms with Gasteiger partial charge in [0.2, 0.25) is 5.91 Å². The minimum absolute atomic E-state index is 0.160. The van der Waals surface area contributed by atoms with Crippen LogP contribution in [0.5, 0.6) is 5.75 Å². The highest BCUT2D eigenvalue weighted by Crippen LogP contribution is 2.12. The Morgan fingerprint density at radius 3 is 2.37 bits per heavy atom. The van der Waals surface area contributed by atoms with Crippen LogP contribution in [0.1, 0.15) is 5.56 Å². The quantitative estimate of drug-likeness (QED) is 0.749. The van der Waals surface area contributed by atoms with E-state index in [1.54, 1.807) is 31.4 Å². The Morgan fingerprint density at radius 1 is 1.26 bits per heavy atom. The topological polar surface area (TPSA) is 84.9 Å². The van der Waals surface area contributed by atoms with Gasteiger partial charge in [0.25, 0.3) is 0 Å². The first-order chi connectivity index (χ1) is 9.06. The first-order valence-corrected chi connectivity index (χ1v) is 5.71. The van der Waals surface area contributed by atoms with E-state index in [0.717, 1.165) is 5.56 Å². The summed E-state index contributed by atoms with van der Waals surface area (Å²) in [4.78, 5) is 22.4. The number of carboxylic acids is 1. The van der Waals surface area contributed by atoms with E-state index in [0.29, 0.717) is 5.75 Å². The number of carboxylic acid groups (broad SMARTS) is 1. The lowest BCUT2D eigenvalue weighted by atomic mass is 10.1. The molecule has 0 aromatic heterocycles. The summed E-state index contributed by atoms with van der Waals surface area (Å²) in [5, 5.41) is 11.5. The minimum Gasteiger partial charge on any atom is -0.497 e. The van der Waals surface area contributed by atoms with E-state index in [9.17, 15) is 9.59 Å². The first-order valence-electron chi connectivity index (χ1n) is 5.71. The number of benzene rings is 1. The number of carbonyl (C=O) groups is 2. The van der Waals surface area contributed by atoms with Crippen LogP contribution in [0.2, 0.25) is 0 Å². The van der Waals surface area contributed by atoms with Crippen molar-refractivity contribution in [3.8, 4) is 5.75 Å². The number of aliphatic carboxylic acids is 1. The molecule has 0 radical (unpaired) electrons. The molecule has 0 aliphatic heterocycles. The molecule has 0 saturated carbocycles. The molecule has 19 heavy (non-hydrogen) atoms. The molecule has 0 aliphatic carbocycles. The second-order valence-corrected chi connectivity index (χ2v) is 3.94. The summed E-state index contributed by atoms with van der Waals surface area (Å²) in [6.45, 7) is -0.160. The van der Waals surface area contributed by atoms with Crippen molar-refractivity contribution in [3.63, 3.8) is 0 Å². The second kappa shape index (κ2) is 7.38. The summed E-state index contributed by atoms with van der Waals surface area (Å²) in [7, 11) is 2.93. The Balaban J connectivity index is 2.66. The molecule has 0 aliphatic rings. The second-order valence-electron chi connectivity index (χ2n) is 3.94. The average molecular weight is 267 g/mol. The van der Waals surface area contributed by atoms with E-state index in [1.165, 1.54) is 7.11 Å². The van der Waals surface area contributed by atoms with Gasteiger partial charge in [-0.1, -0.05) is 12.1 Å².